The van der Waals surface area contributed by atoms with Crippen LogP contribution in [-0.2, 0) is 4.79 Å². The first-order valence-electron chi connectivity index (χ1n) is 9.15. The van der Waals surface area contributed by atoms with E-state index in [0.717, 1.165) is 5.92 Å². The topological polar surface area (TPSA) is 75.9 Å². The van der Waals surface area contributed by atoms with Crippen molar-refractivity contribution in [2.45, 2.75) is 47.5 Å². The van der Waals surface area contributed by atoms with Crippen LogP contribution in [-0.4, -0.2) is 28.6 Å². The van der Waals surface area contributed by atoms with Crippen LogP contribution in [0.15, 0.2) is 24.4 Å². The molecule has 0 unspecified atom stereocenters. The van der Waals surface area contributed by atoms with Gasteiger partial charge in [-0.1, -0.05) is 45.2 Å². The zero-order valence-corrected chi connectivity index (χ0v) is 17.4. The number of rotatable bonds is 7. The molecule has 1 N–H and O–H groups in total. The van der Waals surface area contributed by atoms with Crippen LogP contribution < -0.4 is 4.74 Å². The largest absolute Gasteiger partial charge is 0.477 e. The first-order chi connectivity index (χ1) is 12.8. The summed E-state index contributed by atoms with van der Waals surface area (Å²) in [5, 5.41) is 8.11. The number of aromatic nitrogens is 2. The molecule has 0 aliphatic heterocycles. The van der Waals surface area contributed by atoms with Gasteiger partial charge in [-0.3, -0.25) is 10.2 Å². The lowest BCUT2D eigenvalue weighted by Crippen LogP contribution is -2.08. The Morgan fingerprint density at radius 1 is 1.37 bits per heavy atom. The van der Waals surface area contributed by atoms with E-state index in [1.54, 1.807) is 31.3 Å². The second kappa shape index (κ2) is 11.4. The summed E-state index contributed by atoms with van der Waals surface area (Å²) in [6.07, 6.45) is 4.78. The number of carbonyl (C=O) groups is 1. The van der Waals surface area contributed by atoms with Crippen molar-refractivity contribution in [3.8, 4) is 17.1 Å². The SMILES string of the molecule is CCCC(C)C.CCOc1ncccc1-c1cc(Cl)c(C)c(C(=N)C=O)n1. The van der Waals surface area contributed by atoms with Crippen molar-refractivity contribution in [3.63, 3.8) is 0 Å². The van der Waals surface area contributed by atoms with Crippen molar-refractivity contribution in [2.75, 3.05) is 6.61 Å². The molecule has 2 heterocycles. The minimum Gasteiger partial charge on any atom is -0.477 e. The Labute approximate surface area is 166 Å². The number of pyridine rings is 2. The number of nitrogens with one attached hydrogen (secondary N) is 1. The molecule has 0 spiro atoms. The maximum absolute atomic E-state index is 10.8. The van der Waals surface area contributed by atoms with Crippen LogP contribution in [0.4, 0.5) is 0 Å². The van der Waals surface area contributed by atoms with E-state index in [1.165, 1.54) is 12.8 Å². The van der Waals surface area contributed by atoms with E-state index in [1.807, 2.05) is 6.92 Å². The molecular weight excluding hydrogens is 362 g/mol. The summed E-state index contributed by atoms with van der Waals surface area (Å²) in [7, 11) is 0. The molecule has 0 atom stereocenters. The predicted octanol–water partition coefficient (Wildman–Crippen LogP) is 5.51. The van der Waals surface area contributed by atoms with E-state index in [4.69, 9.17) is 21.7 Å². The molecule has 0 amide bonds. The van der Waals surface area contributed by atoms with Crippen molar-refractivity contribution in [3.05, 3.63) is 40.7 Å². The molecule has 2 rings (SSSR count). The lowest BCUT2D eigenvalue weighted by atomic mass is 10.1. The molecule has 146 valence electrons. The maximum Gasteiger partial charge on any atom is 0.222 e. The molecule has 0 aliphatic carbocycles. The monoisotopic (exact) mass is 389 g/mol. The summed E-state index contributed by atoms with van der Waals surface area (Å²) in [4.78, 5) is 19.4. The smallest absolute Gasteiger partial charge is 0.222 e. The van der Waals surface area contributed by atoms with Crippen molar-refractivity contribution in [1.82, 2.24) is 9.97 Å². The third-order valence-electron chi connectivity index (χ3n) is 3.78. The highest BCUT2D eigenvalue weighted by atomic mass is 35.5. The van der Waals surface area contributed by atoms with Crippen molar-refractivity contribution in [2.24, 2.45) is 5.92 Å². The fourth-order valence-electron chi connectivity index (χ4n) is 2.45. The van der Waals surface area contributed by atoms with Gasteiger partial charge in [0.1, 0.15) is 5.71 Å². The fraction of sp³-hybridized carbons (Fsp3) is 0.429. The average Bonchev–Trinajstić information content (AvgIpc) is 2.64. The second-order valence-corrected chi connectivity index (χ2v) is 6.87. The second-order valence-electron chi connectivity index (χ2n) is 6.47. The minimum atomic E-state index is -0.210. The highest BCUT2D eigenvalue weighted by molar-refractivity contribution is 6.37. The van der Waals surface area contributed by atoms with Crippen molar-refractivity contribution < 1.29 is 9.53 Å². The van der Waals surface area contributed by atoms with Crippen LogP contribution in [0, 0.1) is 18.3 Å². The zero-order valence-electron chi connectivity index (χ0n) is 16.7. The number of ether oxygens (including phenoxy) is 1. The van der Waals surface area contributed by atoms with E-state index >= 15 is 0 Å². The van der Waals surface area contributed by atoms with Gasteiger partial charge in [0.25, 0.3) is 0 Å². The summed E-state index contributed by atoms with van der Waals surface area (Å²) in [5.74, 6) is 1.34. The highest BCUT2D eigenvalue weighted by Crippen LogP contribution is 2.30. The molecule has 2 aromatic rings. The lowest BCUT2D eigenvalue weighted by Gasteiger charge is -2.11. The Morgan fingerprint density at radius 3 is 2.59 bits per heavy atom. The van der Waals surface area contributed by atoms with E-state index in [2.05, 4.69) is 30.7 Å². The minimum absolute atomic E-state index is 0.210. The molecule has 0 radical (unpaired) electrons. The van der Waals surface area contributed by atoms with Gasteiger partial charge in [-0.15, -0.1) is 0 Å². The van der Waals surface area contributed by atoms with E-state index < -0.39 is 0 Å². The van der Waals surface area contributed by atoms with Gasteiger partial charge in [-0.25, -0.2) is 9.97 Å². The first kappa shape index (κ1) is 22.8. The maximum atomic E-state index is 10.8. The number of hydrogen-bond acceptors (Lipinski definition) is 5. The molecule has 0 bridgehead atoms. The highest BCUT2D eigenvalue weighted by Gasteiger charge is 2.15. The van der Waals surface area contributed by atoms with Gasteiger partial charge in [0, 0.05) is 11.2 Å². The van der Waals surface area contributed by atoms with Crippen LogP contribution in [0.2, 0.25) is 5.02 Å². The molecule has 5 nitrogen and oxygen atoms in total. The van der Waals surface area contributed by atoms with Gasteiger partial charge in [0.2, 0.25) is 5.88 Å². The normalized spacial score (nSPS) is 10.2. The van der Waals surface area contributed by atoms with Crippen LogP contribution in [0.5, 0.6) is 5.88 Å². The van der Waals surface area contributed by atoms with Crippen molar-refractivity contribution >= 4 is 23.6 Å². The average molecular weight is 390 g/mol. The number of carbonyl (C=O) groups excluding carboxylic acids is 1. The molecule has 6 heteroatoms. The van der Waals surface area contributed by atoms with Crippen LogP contribution in [0.25, 0.3) is 11.3 Å². The van der Waals surface area contributed by atoms with Gasteiger partial charge in [-0.05, 0) is 43.5 Å². The molecular formula is C21H28ClN3O2. The lowest BCUT2D eigenvalue weighted by molar-refractivity contribution is -0.102. The standard InChI is InChI=1S/C15H14ClN3O2.C6H14/c1-3-21-15-10(5-4-6-18-15)13-7-11(16)9(2)14(19-13)12(17)8-20;1-4-5-6(2)3/h4-8,17H,3H2,1-2H3;6H,4-5H2,1-3H3. The molecule has 0 fully saturated rings. The van der Waals surface area contributed by atoms with E-state index in [0.29, 0.717) is 40.6 Å². The molecule has 0 saturated carbocycles. The Bertz CT molecular complexity index is 776. The van der Waals surface area contributed by atoms with E-state index in [9.17, 15) is 4.79 Å². The van der Waals surface area contributed by atoms with Crippen LogP contribution in [0.1, 0.15) is 51.8 Å². The molecule has 0 saturated heterocycles. The molecule has 0 aromatic carbocycles. The number of nitrogens with zero attached hydrogens (tertiary/aromatic N) is 2. The van der Waals surface area contributed by atoms with Crippen LogP contribution in [0.3, 0.4) is 0 Å². The Hall–Kier alpha value is -2.27. The summed E-state index contributed by atoms with van der Waals surface area (Å²) < 4.78 is 5.47. The fourth-order valence-corrected chi connectivity index (χ4v) is 2.64. The predicted molar refractivity (Wildman–Crippen MR) is 111 cm³/mol. The summed E-state index contributed by atoms with van der Waals surface area (Å²) in [5.41, 5.74) is 1.83. The molecule has 27 heavy (non-hydrogen) atoms. The Kier molecular flexibility index (Phi) is 9.65. The first-order valence-corrected chi connectivity index (χ1v) is 9.52. The van der Waals surface area contributed by atoms with Gasteiger partial charge in [0.15, 0.2) is 6.29 Å². The zero-order chi connectivity index (χ0) is 20.4. The molecule has 0 aliphatic rings. The van der Waals surface area contributed by atoms with Crippen molar-refractivity contribution in [1.29, 1.82) is 5.41 Å². The van der Waals surface area contributed by atoms with Gasteiger partial charge >= 0.3 is 0 Å². The summed E-state index contributed by atoms with van der Waals surface area (Å²) >= 11 is 6.19. The Balaban J connectivity index is 0.000000527. The summed E-state index contributed by atoms with van der Waals surface area (Å²) in [6.45, 7) is 10.8. The number of aldehydes is 1. The number of halogens is 1. The quantitative estimate of drug-likeness (QED) is 0.500. The van der Waals surface area contributed by atoms with Crippen LogP contribution >= 0.6 is 11.6 Å². The Morgan fingerprint density at radius 2 is 2.07 bits per heavy atom. The van der Waals surface area contributed by atoms with Gasteiger partial charge in [-0.2, -0.15) is 0 Å². The van der Waals surface area contributed by atoms with Gasteiger partial charge < -0.3 is 4.74 Å². The summed E-state index contributed by atoms with van der Waals surface area (Å²) in [6, 6.07) is 5.25. The number of hydrogen-bond donors (Lipinski definition) is 1. The van der Waals surface area contributed by atoms with Gasteiger partial charge in [0.05, 0.1) is 23.6 Å². The third-order valence-corrected chi connectivity index (χ3v) is 4.17. The molecule has 2 aromatic heterocycles. The third kappa shape index (κ3) is 6.75. The van der Waals surface area contributed by atoms with E-state index in [-0.39, 0.29) is 11.4 Å².